The molecule has 5 nitrogen and oxygen atoms in total. The predicted molar refractivity (Wildman–Crippen MR) is 92.4 cm³/mol. The Labute approximate surface area is 137 Å². The Morgan fingerprint density at radius 3 is 2.50 bits per heavy atom. The van der Waals surface area contributed by atoms with Crippen LogP contribution in [0.2, 0.25) is 0 Å². The Morgan fingerprint density at radius 1 is 1.23 bits per heavy atom. The maximum Gasteiger partial charge on any atom is 0.314 e. The molecule has 1 unspecified atom stereocenters. The zero-order valence-electron chi connectivity index (χ0n) is 13.8. The van der Waals surface area contributed by atoms with Crippen LogP contribution in [0.15, 0.2) is 17.5 Å². The third kappa shape index (κ3) is 5.26. The van der Waals surface area contributed by atoms with Crippen molar-refractivity contribution < 1.29 is 4.79 Å². The monoisotopic (exact) mass is 324 g/mol. The van der Waals surface area contributed by atoms with Crippen molar-refractivity contribution in [2.75, 3.05) is 46.3 Å². The smallest absolute Gasteiger partial charge is 0.314 e. The van der Waals surface area contributed by atoms with Crippen LogP contribution in [0, 0.1) is 5.92 Å². The van der Waals surface area contributed by atoms with E-state index in [9.17, 15) is 4.79 Å². The number of likely N-dealkylation sites (N-methyl/N-ethyl adjacent to an activating group) is 1. The van der Waals surface area contributed by atoms with Crippen molar-refractivity contribution in [3.8, 4) is 0 Å². The molecule has 0 spiro atoms. The maximum absolute atomic E-state index is 11.9. The molecule has 0 bridgehead atoms. The molecule has 22 heavy (non-hydrogen) atoms. The SMILES string of the molecule is CC(C)CNC(=O)NCC(c1cccs1)N1CCN(C)CC1. The van der Waals surface area contributed by atoms with Gasteiger partial charge in [-0.15, -0.1) is 11.3 Å². The van der Waals surface area contributed by atoms with Crippen molar-refractivity contribution in [1.29, 1.82) is 0 Å². The van der Waals surface area contributed by atoms with E-state index in [0.717, 1.165) is 26.2 Å². The second kappa shape index (κ2) is 8.50. The zero-order valence-corrected chi connectivity index (χ0v) is 14.7. The van der Waals surface area contributed by atoms with Crippen LogP contribution in [0.3, 0.4) is 0 Å². The summed E-state index contributed by atoms with van der Waals surface area (Å²) >= 11 is 1.77. The molecule has 124 valence electrons. The van der Waals surface area contributed by atoms with E-state index in [4.69, 9.17) is 0 Å². The van der Waals surface area contributed by atoms with E-state index >= 15 is 0 Å². The maximum atomic E-state index is 11.9. The number of hydrogen-bond donors (Lipinski definition) is 2. The quantitative estimate of drug-likeness (QED) is 0.841. The van der Waals surface area contributed by atoms with E-state index < -0.39 is 0 Å². The van der Waals surface area contributed by atoms with Crippen molar-refractivity contribution in [2.45, 2.75) is 19.9 Å². The Hall–Kier alpha value is -1.11. The molecule has 2 heterocycles. The summed E-state index contributed by atoms with van der Waals surface area (Å²) in [6.07, 6.45) is 0. The van der Waals surface area contributed by atoms with E-state index in [1.54, 1.807) is 11.3 Å². The average molecular weight is 324 g/mol. The molecular formula is C16H28N4OS. The lowest BCUT2D eigenvalue weighted by Gasteiger charge is -2.37. The molecular weight excluding hydrogens is 296 g/mol. The third-order valence-electron chi connectivity index (χ3n) is 3.98. The van der Waals surface area contributed by atoms with Gasteiger partial charge in [0.1, 0.15) is 0 Å². The largest absolute Gasteiger partial charge is 0.338 e. The minimum atomic E-state index is -0.0654. The van der Waals surface area contributed by atoms with Gasteiger partial charge in [0, 0.05) is 44.1 Å². The Bertz CT molecular complexity index is 441. The van der Waals surface area contributed by atoms with Crippen LogP contribution in [0.5, 0.6) is 0 Å². The molecule has 1 aliphatic rings. The lowest BCUT2D eigenvalue weighted by Crippen LogP contribution is -2.49. The number of rotatable bonds is 6. The summed E-state index contributed by atoms with van der Waals surface area (Å²) in [5.41, 5.74) is 0. The fourth-order valence-corrected chi connectivity index (χ4v) is 3.43. The van der Waals surface area contributed by atoms with Crippen LogP contribution < -0.4 is 10.6 Å². The van der Waals surface area contributed by atoms with Gasteiger partial charge in [0.15, 0.2) is 0 Å². The fraction of sp³-hybridized carbons (Fsp3) is 0.688. The van der Waals surface area contributed by atoms with Crippen molar-refractivity contribution in [1.82, 2.24) is 20.4 Å². The first kappa shape index (κ1) is 17.2. The standard InChI is InChI=1S/C16H28N4OS/c1-13(2)11-17-16(21)18-12-14(15-5-4-10-22-15)20-8-6-19(3)7-9-20/h4-5,10,13-14H,6-9,11-12H2,1-3H3,(H2,17,18,21). The Balaban J connectivity index is 1.90. The summed E-state index contributed by atoms with van der Waals surface area (Å²) < 4.78 is 0. The molecule has 1 aromatic heterocycles. The Kier molecular flexibility index (Phi) is 6.67. The van der Waals surface area contributed by atoms with Crippen molar-refractivity contribution in [3.63, 3.8) is 0 Å². The molecule has 0 aliphatic carbocycles. The summed E-state index contributed by atoms with van der Waals surface area (Å²) in [6.45, 7) is 9.83. The van der Waals surface area contributed by atoms with Gasteiger partial charge in [-0.25, -0.2) is 4.79 Å². The molecule has 1 atom stereocenters. The molecule has 0 radical (unpaired) electrons. The topological polar surface area (TPSA) is 47.6 Å². The first-order chi connectivity index (χ1) is 10.6. The van der Waals surface area contributed by atoms with Crippen LogP contribution in [0.4, 0.5) is 4.79 Å². The molecule has 2 N–H and O–H groups in total. The van der Waals surface area contributed by atoms with Gasteiger partial charge in [-0.2, -0.15) is 0 Å². The molecule has 2 amide bonds. The Morgan fingerprint density at radius 2 is 1.91 bits per heavy atom. The molecule has 6 heteroatoms. The van der Waals surface area contributed by atoms with Gasteiger partial charge in [-0.3, -0.25) is 4.90 Å². The number of amides is 2. The number of nitrogens with one attached hydrogen (secondary N) is 2. The first-order valence-electron chi connectivity index (χ1n) is 8.04. The minimum Gasteiger partial charge on any atom is -0.338 e. The highest BCUT2D eigenvalue weighted by molar-refractivity contribution is 7.10. The third-order valence-corrected chi connectivity index (χ3v) is 4.95. The van der Waals surface area contributed by atoms with Gasteiger partial charge in [0.05, 0.1) is 6.04 Å². The molecule has 0 saturated carbocycles. The number of carbonyl (C=O) groups is 1. The van der Waals surface area contributed by atoms with Gasteiger partial charge in [-0.1, -0.05) is 19.9 Å². The first-order valence-corrected chi connectivity index (χ1v) is 8.92. The van der Waals surface area contributed by atoms with Crippen LogP contribution in [-0.2, 0) is 0 Å². The van der Waals surface area contributed by atoms with Crippen molar-refractivity contribution in [3.05, 3.63) is 22.4 Å². The highest BCUT2D eigenvalue weighted by Crippen LogP contribution is 2.25. The van der Waals surface area contributed by atoms with Gasteiger partial charge >= 0.3 is 6.03 Å². The fourth-order valence-electron chi connectivity index (χ4n) is 2.57. The number of piperazine rings is 1. The number of hydrogen-bond acceptors (Lipinski definition) is 4. The van der Waals surface area contributed by atoms with Crippen LogP contribution >= 0.6 is 11.3 Å². The summed E-state index contributed by atoms with van der Waals surface area (Å²) in [5, 5.41) is 8.06. The zero-order chi connectivity index (χ0) is 15.9. The summed E-state index contributed by atoms with van der Waals surface area (Å²) in [5.74, 6) is 0.469. The van der Waals surface area contributed by atoms with Crippen LogP contribution in [0.1, 0.15) is 24.8 Å². The van der Waals surface area contributed by atoms with E-state index in [0.29, 0.717) is 19.0 Å². The summed E-state index contributed by atoms with van der Waals surface area (Å²) in [7, 11) is 2.16. The van der Waals surface area contributed by atoms with Crippen LogP contribution in [0.25, 0.3) is 0 Å². The lowest BCUT2D eigenvalue weighted by atomic mass is 10.1. The van der Waals surface area contributed by atoms with E-state index in [2.05, 4.69) is 58.8 Å². The minimum absolute atomic E-state index is 0.0654. The van der Waals surface area contributed by atoms with E-state index in [-0.39, 0.29) is 12.1 Å². The van der Waals surface area contributed by atoms with Crippen molar-refractivity contribution in [2.24, 2.45) is 5.92 Å². The van der Waals surface area contributed by atoms with E-state index in [1.165, 1.54) is 4.88 Å². The second-order valence-electron chi connectivity index (χ2n) is 6.36. The average Bonchev–Trinajstić information content (AvgIpc) is 3.01. The van der Waals surface area contributed by atoms with Gasteiger partial charge in [0.2, 0.25) is 0 Å². The van der Waals surface area contributed by atoms with Crippen LogP contribution in [-0.4, -0.2) is 62.1 Å². The number of carbonyl (C=O) groups excluding carboxylic acids is 1. The summed E-state index contributed by atoms with van der Waals surface area (Å²) in [4.78, 5) is 18.1. The lowest BCUT2D eigenvalue weighted by molar-refractivity contribution is 0.112. The van der Waals surface area contributed by atoms with Gasteiger partial charge in [0.25, 0.3) is 0 Å². The van der Waals surface area contributed by atoms with Crippen molar-refractivity contribution >= 4 is 17.4 Å². The molecule has 0 aromatic carbocycles. The molecule has 1 fully saturated rings. The normalized spacial score (nSPS) is 18.4. The molecule has 1 saturated heterocycles. The highest BCUT2D eigenvalue weighted by atomic mass is 32.1. The second-order valence-corrected chi connectivity index (χ2v) is 7.33. The predicted octanol–water partition coefficient (Wildman–Crippen LogP) is 1.99. The van der Waals surface area contributed by atoms with E-state index in [1.807, 2.05) is 0 Å². The highest BCUT2D eigenvalue weighted by Gasteiger charge is 2.24. The number of nitrogens with zero attached hydrogens (tertiary/aromatic N) is 2. The number of urea groups is 1. The molecule has 2 rings (SSSR count). The van der Waals surface area contributed by atoms with Gasteiger partial charge < -0.3 is 15.5 Å². The molecule has 1 aromatic rings. The van der Waals surface area contributed by atoms with Gasteiger partial charge in [-0.05, 0) is 24.4 Å². The summed E-state index contributed by atoms with van der Waals surface area (Å²) in [6, 6.07) is 4.46. The number of thiophene rings is 1. The molecule has 1 aliphatic heterocycles.